The van der Waals surface area contributed by atoms with Crippen LogP contribution >= 0.6 is 0 Å². The van der Waals surface area contributed by atoms with Gasteiger partial charge in [0.25, 0.3) is 5.91 Å². The third kappa shape index (κ3) is 21.5. The Balaban J connectivity index is -0.000000148. The summed E-state index contributed by atoms with van der Waals surface area (Å²) in [6.45, 7) is 31.9. The lowest BCUT2D eigenvalue weighted by molar-refractivity contribution is -0.110. The summed E-state index contributed by atoms with van der Waals surface area (Å²) in [6.07, 6.45) is 6.38. The average molecular weight is 590 g/mol. The zero-order valence-electron chi connectivity index (χ0n) is 29.8. The Kier molecular flexibility index (Phi) is 33.3. The smallest absolute Gasteiger partial charge is 0.255 e. The monoisotopic (exact) mass is 589 g/mol. The van der Waals surface area contributed by atoms with Crippen LogP contribution in [0.4, 0.5) is 5.69 Å². The van der Waals surface area contributed by atoms with Crippen molar-refractivity contribution in [1.82, 2.24) is 0 Å². The molecule has 0 aromatic heterocycles. The van der Waals surface area contributed by atoms with Gasteiger partial charge in [-0.15, -0.1) is 6.42 Å². The molecule has 0 saturated carbocycles. The number of carbonyl (C=O) groups is 2. The van der Waals surface area contributed by atoms with Gasteiger partial charge >= 0.3 is 0 Å². The van der Waals surface area contributed by atoms with Crippen molar-refractivity contribution in [2.75, 3.05) is 5.32 Å². The minimum absolute atomic E-state index is 0. The Hall–Kier alpha value is -3.90. The van der Waals surface area contributed by atoms with Crippen molar-refractivity contribution < 1.29 is 11.0 Å². The van der Waals surface area contributed by atoms with E-state index in [0.29, 0.717) is 5.57 Å². The zero-order valence-corrected chi connectivity index (χ0v) is 29.8. The minimum atomic E-state index is -0.149. The van der Waals surface area contributed by atoms with Crippen LogP contribution in [0, 0.1) is 25.2 Å². The number of Topliss-reactive ketones (excluding diaryl/α,β-unsaturated/α-hetero) is 1. The number of aryl methyl sites for hydroxylation is 2. The first kappa shape index (κ1) is 46.1. The summed E-state index contributed by atoms with van der Waals surface area (Å²) in [5.41, 5.74) is 6.11. The van der Waals surface area contributed by atoms with Gasteiger partial charge in [0, 0.05) is 29.4 Å². The van der Waals surface area contributed by atoms with Crippen LogP contribution < -0.4 is 5.32 Å². The summed E-state index contributed by atoms with van der Waals surface area (Å²) in [5, 5.41) is 2.69. The lowest BCUT2D eigenvalue weighted by atomic mass is 10.1. The molecule has 4 rings (SSSR count). The number of benzene rings is 3. The topological polar surface area (TPSA) is 46.2 Å². The second-order valence-corrected chi connectivity index (χ2v) is 8.78. The van der Waals surface area contributed by atoms with E-state index in [2.05, 4.69) is 69.8 Å². The van der Waals surface area contributed by atoms with Crippen molar-refractivity contribution in [3.8, 4) is 12.3 Å². The van der Waals surface area contributed by atoms with Crippen LogP contribution in [0.5, 0.6) is 0 Å². The molecule has 0 fully saturated rings. The number of anilines is 1. The van der Waals surface area contributed by atoms with Crippen molar-refractivity contribution in [2.24, 2.45) is 5.92 Å². The van der Waals surface area contributed by atoms with E-state index in [9.17, 15) is 9.59 Å². The molecule has 0 radical (unpaired) electrons. The summed E-state index contributed by atoms with van der Waals surface area (Å²) >= 11 is 0. The van der Waals surface area contributed by atoms with E-state index in [0.717, 1.165) is 40.3 Å². The van der Waals surface area contributed by atoms with E-state index < -0.39 is 0 Å². The van der Waals surface area contributed by atoms with E-state index in [1.54, 1.807) is 25.1 Å². The fraction of sp³-hybridized carbons (Fsp3) is 0.400. The molecule has 0 unspecified atom stereocenters. The molecule has 3 aromatic carbocycles. The Bertz CT molecular complexity index is 1170. The molecular formula is C40H63NO2. The molecule has 0 bridgehead atoms. The van der Waals surface area contributed by atoms with Crippen LogP contribution in [-0.4, -0.2) is 11.7 Å². The number of ketones is 1. The molecule has 3 aromatic rings. The van der Waals surface area contributed by atoms with Gasteiger partial charge in [-0.25, -0.2) is 0 Å². The summed E-state index contributed by atoms with van der Waals surface area (Å²) in [5.74, 6) is 3.33. The largest absolute Gasteiger partial charge is 0.321 e. The van der Waals surface area contributed by atoms with E-state index in [-0.39, 0.29) is 13.1 Å². The summed E-state index contributed by atoms with van der Waals surface area (Å²) < 4.78 is 0. The number of rotatable bonds is 2. The molecule has 1 amide bonds. The van der Waals surface area contributed by atoms with Crippen molar-refractivity contribution in [3.63, 3.8) is 0 Å². The highest BCUT2D eigenvalue weighted by Gasteiger charge is 2.21. The molecule has 3 nitrogen and oxygen atoms in total. The maximum Gasteiger partial charge on any atom is 0.255 e. The van der Waals surface area contributed by atoms with Gasteiger partial charge in [0.1, 0.15) is 0 Å². The maximum atomic E-state index is 11.2. The lowest BCUT2D eigenvalue weighted by Gasteiger charge is -1.97. The second-order valence-electron chi connectivity index (χ2n) is 8.78. The molecule has 3 heteroatoms. The van der Waals surface area contributed by atoms with Gasteiger partial charge in [0.2, 0.25) is 0 Å². The number of nitrogens with one attached hydrogen (secondary N) is 1. The maximum absolute atomic E-state index is 11.2. The molecule has 1 N–H and O–H groups in total. The fourth-order valence-corrected chi connectivity index (χ4v) is 2.99. The molecule has 1 heterocycles. The van der Waals surface area contributed by atoms with Gasteiger partial charge in [0.05, 0.1) is 0 Å². The lowest BCUT2D eigenvalue weighted by Crippen LogP contribution is -2.02. The molecule has 0 saturated heterocycles. The summed E-state index contributed by atoms with van der Waals surface area (Å²) in [7, 11) is 0. The quantitative estimate of drug-likeness (QED) is 0.184. The SMILES string of the molecule is C#Cc1ccc2c(c1)C(=C)C(=O)N2.CC.CC.CC.CC.CC(=O)c1ccccc1C.CC(C)C.CCc1ccccc1.[HH]. The van der Waals surface area contributed by atoms with Crippen LogP contribution in [-0.2, 0) is 11.2 Å². The minimum Gasteiger partial charge on any atom is -0.321 e. The highest BCUT2D eigenvalue weighted by Crippen LogP contribution is 2.30. The zero-order chi connectivity index (χ0) is 34.4. The summed E-state index contributed by atoms with van der Waals surface area (Å²) in [6, 6.07) is 23.4. The highest BCUT2D eigenvalue weighted by atomic mass is 16.2. The third-order valence-corrected chi connectivity index (χ3v) is 4.81. The van der Waals surface area contributed by atoms with E-state index >= 15 is 0 Å². The third-order valence-electron chi connectivity index (χ3n) is 4.81. The van der Waals surface area contributed by atoms with E-state index in [4.69, 9.17) is 6.42 Å². The Morgan fingerprint density at radius 3 is 1.70 bits per heavy atom. The predicted octanol–water partition coefficient (Wildman–Crippen LogP) is 12.1. The van der Waals surface area contributed by atoms with Crippen LogP contribution in [0.3, 0.4) is 0 Å². The standard InChI is InChI=1S/C11H7NO.C9H10O.C8H10.C4H10.4C2H6.H2/c1-3-8-4-5-10-9(6-8)7(2)11(13)12-10;1-7-5-3-4-6-9(7)8(2)10;1-2-8-6-4-3-5-7-8;1-4(2)3;4*1-2;/h1,4-6H,2H2,(H,12,13);3-6H,1-2H3;3-7H,2H2,1H3;4H,1-3H3;4*1-2H3;1H. The van der Waals surface area contributed by atoms with E-state index in [1.165, 1.54) is 5.56 Å². The van der Waals surface area contributed by atoms with Gasteiger partial charge in [-0.05, 0) is 55.5 Å². The molecule has 240 valence electrons. The number of hydrogen-bond acceptors (Lipinski definition) is 2. The average Bonchev–Trinajstić information content (AvgIpc) is 3.34. The van der Waals surface area contributed by atoms with Crippen molar-refractivity contribution in [2.45, 2.75) is 103 Å². The van der Waals surface area contributed by atoms with Gasteiger partial charge in [-0.3, -0.25) is 9.59 Å². The Labute approximate surface area is 267 Å². The molecule has 1 aliphatic heterocycles. The first-order valence-electron chi connectivity index (χ1n) is 15.8. The molecular weight excluding hydrogens is 526 g/mol. The van der Waals surface area contributed by atoms with Gasteiger partial charge < -0.3 is 5.32 Å². The number of hydrogen-bond donors (Lipinski definition) is 1. The molecule has 0 aliphatic carbocycles. The van der Waals surface area contributed by atoms with Gasteiger partial charge in [-0.2, -0.15) is 0 Å². The van der Waals surface area contributed by atoms with Gasteiger partial charge in [0.15, 0.2) is 5.78 Å². The van der Waals surface area contributed by atoms with Crippen molar-refractivity contribution in [1.29, 1.82) is 0 Å². The summed E-state index contributed by atoms with van der Waals surface area (Å²) in [4.78, 5) is 22.0. The van der Waals surface area contributed by atoms with Crippen molar-refractivity contribution in [3.05, 3.63) is 107 Å². The van der Waals surface area contributed by atoms with E-state index in [1.807, 2.05) is 92.6 Å². The van der Waals surface area contributed by atoms with Crippen LogP contribution in [0.15, 0.2) is 79.4 Å². The first-order valence-corrected chi connectivity index (χ1v) is 15.8. The predicted molar refractivity (Wildman–Crippen MR) is 197 cm³/mol. The second kappa shape index (κ2) is 31.0. The number of fused-ring (bicyclic) bond motifs is 1. The molecule has 43 heavy (non-hydrogen) atoms. The number of terminal acetylenes is 1. The van der Waals surface area contributed by atoms with Crippen LogP contribution in [0.2, 0.25) is 0 Å². The fourth-order valence-electron chi connectivity index (χ4n) is 2.99. The molecule has 1 aliphatic rings. The Morgan fingerprint density at radius 2 is 1.33 bits per heavy atom. The van der Waals surface area contributed by atoms with Gasteiger partial charge in [-0.1, -0.05) is 150 Å². The highest BCUT2D eigenvalue weighted by molar-refractivity contribution is 6.31. The van der Waals surface area contributed by atoms with Crippen molar-refractivity contribution >= 4 is 23.0 Å². The first-order chi connectivity index (χ1) is 20.6. The number of carbonyl (C=O) groups excluding carboxylic acids is 2. The molecule has 0 atom stereocenters. The normalized spacial score (nSPS) is 9.35. The van der Waals surface area contributed by atoms with Crippen LogP contribution in [0.1, 0.15) is 124 Å². The van der Waals surface area contributed by atoms with Crippen LogP contribution in [0.25, 0.3) is 5.57 Å². The number of amides is 1. The Morgan fingerprint density at radius 1 is 0.860 bits per heavy atom. The molecule has 0 spiro atoms.